The molecule has 0 aromatic heterocycles. The summed E-state index contributed by atoms with van der Waals surface area (Å²) in [5.41, 5.74) is 0.912. The molecule has 0 amide bonds. The Morgan fingerprint density at radius 3 is 2.26 bits per heavy atom. The molecule has 2 aromatic rings. The van der Waals surface area contributed by atoms with Crippen LogP contribution in [0.4, 0.5) is 0 Å². The lowest BCUT2D eigenvalue weighted by molar-refractivity contribution is 0.0734. The lowest BCUT2D eigenvalue weighted by atomic mass is 10.1. The van der Waals surface area contributed by atoms with Gasteiger partial charge in [0.05, 0.1) is 23.8 Å². The molecule has 0 heterocycles. The first-order valence-corrected chi connectivity index (χ1v) is 7.68. The first-order valence-electron chi connectivity index (χ1n) is 7.68. The molecule has 2 rings (SSSR count). The number of nitriles is 1. The van der Waals surface area contributed by atoms with E-state index in [1.54, 1.807) is 48.5 Å². The maximum Gasteiger partial charge on any atom is 0.343 e. The quantitative estimate of drug-likeness (QED) is 0.433. The van der Waals surface area contributed by atoms with E-state index in [1.807, 2.05) is 6.07 Å². The van der Waals surface area contributed by atoms with E-state index in [9.17, 15) is 4.79 Å². The zero-order valence-electron chi connectivity index (χ0n) is 13.1. The molecule has 2 aromatic carbocycles. The highest BCUT2D eigenvalue weighted by atomic mass is 16.5. The molecule has 0 aliphatic heterocycles. The van der Waals surface area contributed by atoms with Gasteiger partial charge in [-0.2, -0.15) is 5.26 Å². The normalized spacial score (nSPS) is 9.91. The molecule has 0 unspecified atom stereocenters. The van der Waals surface area contributed by atoms with E-state index in [2.05, 4.69) is 6.92 Å². The Balaban J connectivity index is 1.89. The predicted molar refractivity (Wildman–Crippen MR) is 87.6 cm³/mol. The minimum absolute atomic E-state index is 0.406. The summed E-state index contributed by atoms with van der Waals surface area (Å²) in [6, 6.07) is 15.3. The Kier molecular flexibility index (Phi) is 6.19. The van der Waals surface area contributed by atoms with Crippen LogP contribution < -0.4 is 9.47 Å². The van der Waals surface area contributed by atoms with E-state index in [-0.39, 0.29) is 0 Å². The van der Waals surface area contributed by atoms with E-state index in [4.69, 9.17) is 14.7 Å². The van der Waals surface area contributed by atoms with Crippen LogP contribution in [0.3, 0.4) is 0 Å². The lowest BCUT2D eigenvalue weighted by Crippen LogP contribution is -2.08. The second-order valence-electron chi connectivity index (χ2n) is 5.11. The Hall–Kier alpha value is -2.80. The molecule has 0 saturated carbocycles. The standard InChI is InChI=1S/C19H19NO3/c1-2-3-4-13-22-17-9-11-18(12-10-17)23-19(21)16-7-5-15(14-20)6-8-16/h5-12H,2-4,13H2,1H3. The van der Waals surface area contributed by atoms with Crippen LogP contribution in [0, 0.1) is 11.3 Å². The Labute approximate surface area is 136 Å². The molecule has 0 aliphatic rings. The summed E-state index contributed by atoms with van der Waals surface area (Å²) >= 11 is 0. The topological polar surface area (TPSA) is 59.3 Å². The van der Waals surface area contributed by atoms with Gasteiger partial charge in [-0.1, -0.05) is 19.8 Å². The van der Waals surface area contributed by atoms with E-state index < -0.39 is 5.97 Å². The highest BCUT2D eigenvalue weighted by Crippen LogP contribution is 2.19. The summed E-state index contributed by atoms with van der Waals surface area (Å²) in [6.45, 7) is 2.84. The van der Waals surface area contributed by atoms with Crippen LogP contribution in [0.2, 0.25) is 0 Å². The molecule has 0 fully saturated rings. The number of carbonyl (C=O) groups is 1. The van der Waals surface area contributed by atoms with Gasteiger partial charge >= 0.3 is 5.97 Å². The van der Waals surface area contributed by atoms with Gasteiger partial charge in [-0.25, -0.2) is 4.79 Å². The van der Waals surface area contributed by atoms with Crippen LogP contribution >= 0.6 is 0 Å². The summed E-state index contributed by atoms with van der Waals surface area (Å²) in [5, 5.41) is 8.74. The number of rotatable bonds is 7. The molecule has 0 aliphatic carbocycles. The molecule has 0 N–H and O–H groups in total. The van der Waals surface area contributed by atoms with Gasteiger partial charge in [0.15, 0.2) is 0 Å². The average molecular weight is 309 g/mol. The summed E-state index contributed by atoms with van der Waals surface area (Å²) in [7, 11) is 0. The second kappa shape index (κ2) is 8.60. The maximum atomic E-state index is 12.0. The smallest absolute Gasteiger partial charge is 0.343 e. The van der Waals surface area contributed by atoms with Crippen LogP contribution in [-0.4, -0.2) is 12.6 Å². The second-order valence-corrected chi connectivity index (χ2v) is 5.11. The van der Waals surface area contributed by atoms with Crippen molar-refractivity contribution in [1.29, 1.82) is 5.26 Å². The van der Waals surface area contributed by atoms with Crippen molar-refractivity contribution in [1.82, 2.24) is 0 Å². The Morgan fingerprint density at radius 1 is 1.00 bits per heavy atom. The van der Waals surface area contributed by atoms with Crippen molar-refractivity contribution in [3.8, 4) is 17.6 Å². The van der Waals surface area contributed by atoms with E-state index in [0.29, 0.717) is 23.5 Å². The summed E-state index contributed by atoms with van der Waals surface area (Å²) in [6.07, 6.45) is 3.35. The van der Waals surface area contributed by atoms with Crippen molar-refractivity contribution in [2.24, 2.45) is 0 Å². The van der Waals surface area contributed by atoms with Crippen molar-refractivity contribution < 1.29 is 14.3 Å². The third-order valence-corrected chi connectivity index (χ3v) is 3.30. The van der Waals surface area contributed by atoms with Crippen molar-refractivity contribution in [3.05, 3.63) is 59.7 Å². The maximum absolute atomic E-state index is 12.0. The Bertz CT molecular complexity index is 669. The minimum Gasteiger partial charge on any atom is -0.494 e. The molecule has 4 nitrogen and oxygen atoms in total. The first kappa shape index (κ1) is 16.6. The van der Waals surface area contributed by atoms with E-state index in [1.165, 1.54) is 0 Å². The van der Waals surface area contributed by atoms with Crippen molar-refractivity contribution in [3.63, 3.8) is 0 Å². The van der Waals surface area contributed by atoms with Crippen molar-refractivity contribution in [2.75, 3.05) is 6.61 Å². The summed E-state index contributed by atoms with van der Waals surface area (Å²) in [4.78, 5) is 12.0. The van der Waals surface area contributed by atoms with E-state index in [0.717, 1.165) is 25.0 Å². The van der Waals surface area contributed by atoms with Crippen LogP contribution in [-0.2, 0) is 0 Å². The molecule has 0 saturated heterocycles. The van der Waals surface area contributed by atoms with Gasteiger partial charge in [0.2, 0.25) is 0 Å². The van der Waals surface area contributed by atoms with E-state index >= 15 is 0 Å². The number of nitrogens with zero attached hydrogens (tertiary/aromatic N) is 1. The van der Waals surface area contributed by atoms with Gasteiger partial charge in [-0.15, -0.1) is 0 Å². The molecule has 118 valence electrons. The molecule has 23 heavy (non-hydrogen) atoms. The number of hydrogen-bond donors (Lipinski definition) is 0. The minimum atomic E-state index is -0.453. The van der Waals surface area contributed by atoms with Crippen molar-refractivity contribution in [2.45, 2.75) is 26.2 Å². The van der Waals surface area contributed by atoms with Gasteiger partial charge in [0.25, 0.3) is 0 Å². The first-order chi connectivity index (χ1) is 11.2. The highest BCUT2D eigenvalue weighted by molar-refractivity contribution is 5.91. The number of hydrogen-bond acceptors (Lipinski definition) is 4. The molecule has 0 atom stereocenters. The highest BCUT2D eigenvalue weighted by Gasteiger charge is 2.08. The third-order valence-electron chi connectivity index (χ3n) is 3.30. The van der Waals surface area contributed by atoms with Crippen LogP contribution in [0.15, 0.2) is 48.5 Å². The number of ether oxygens (including phenoxy) is 2. The average Bonchev–Trinajstić information content (AvgIpc) is 2.60. The largest absolute Gasteiger partial charge is 0.494 e. The number of benzene rings is 2. The van der Waals surface area contributed by atoms with Gasteiger partial charge < -0.3 is 9.47 Å². The van der Waals surface area contributed by atoms with Gasteiger partial charge in [-0.05, 0) is 55.0 Å². The summed E-state index contributed by atoms with van der Waals surface area (Å²) < 4.78 is 10.9. The SMILES string of the molecule is CCCCCOc1ccc(OC(=O)c2ccc(C#N)cc2)cc1. The monoisotopic (exact) mass is 309 g/mol. The predicted octanol–water partition coefficient (Wildman–Crippen LogP) is 4.35. The van der Waals surface area contributed by atoms with Crippen LogP contribution in [0.5, 0.6) is 11.5 Å². The Morgan fingerprint density at radius 2 is 1.65 bits per heavy atom. The zero-order chi connectivity index (χ0) is 16.5. The van der Waals surface area contributed by atoms with Gasteiger partial charge in [0.1, 0.15) is 11.5 Å². The van der Waals surface area contributed by atoms with Gasteiger partial charge in [0, 0.05) is 0 Å². The molecule has 0 bridgehead atoms. The lowest BCUT2D eigenvalue weighted by Gasteiger charge is -2.07. The van der Waals surface area contributed by atoms with Gasteiger partial charge in [-0.3, -0.25) is 0 Å². The van der Waals surface area contributed by atoms with Crippen molar-refractivity contribution >= 4 is 5.97 Å². The molecule has 0 spiro atoms. The summed E-state index contributed by atoms with van der Waals surface area (Å²) in [5.74, 6) is 0.769. The fraction of sp³-hybridized carbons (Fsp3) is 0.263. The zero-order valence-corrected chi connectivity index (χ0v) is 13.1. The molecule has 0 radical (unpaired) electrons. The third kappa shape index (κ3) is 5.15. The molecular weight excluding hydrogens is 290 g/mol. The molecule has 4 heteroatoms. The number of carbonyl (C=O) groups excluding carboxylic acids is 1. The fourth-order valence-corrected chi connectivity index (χ4v) is 1.99. The number of esters is 1. The molecular formula is C19H19NO3. The van der Waals surface area contributed by atoms with Crippen LogP contribution in [0.25, 0.3) is 0 Å². The van der Waals surface area contributed by atoms with Crippen LogP contribution in [0.1, 0.15) is 42.1 Å². The number of unbranched alkanes of at least 4 members (excludes halogenated alkanes) is 2. The fourth-order valence-electron chi connectivity index (χ4n) is 1.99.